The summed E-state index contributed by atoms with van der Waals surface area (Å²) in [5, 5.41) is 36.5. The van der Waals surface area contributed by atoms with Gasteiger partial charge in [-0.25, -0.2) is 9.97 Å². The highest BCUT2D eigenvalue weighted by Gasteiger charge is 2.44. The van der Waals surface area contributed by atoms with Gasteiger partial charge in [0.25, 0.3) is 5.88 Å². The molecule has 5 atom stereocenters. The van der Waals surface area contributed by atoms with Crippen LogP contribution in [0.25, 0.3) is 21.7 Å². The molecule has 19 nitrogen and oxygen atoms in total. The number of carbonyl (C=O) groups is 2. The number of aromatic hydroxyl groups is 1. The predicted molar refractivity (Wildman–Crippen MR) is 266 cm³/mol. The molecule has 3 fully saturated rings. The number of phenols is 1. The Bertz CT molecular complexity index is 2740. The normalized spacial score (nSPS) is 19.1. The molecular weight excluding hydrogens is 929 g/mol. The number of piperazine rings is 1. The average molecular weight is 989 g/mol. The molecule has 0 spiro atoms. The lowest BCUT2D eigenvalue weighted by Crippen LogP contribution is -2.54. The number of aliphatic hydroxyl groups is 1. The van der Waals surface area contributed by atoms with E-state index in [-0.39, 0.29) is 74.2 Å². The maximum atomic E-state index is 14.0. The van der Waals surface area contributed by atoms with Crippen LogP contribution in [0.4, 0.5) is 17.2 Å². The molecule has 71 heavy (non-hydrogen) atoms. The summed E-state index contributed by atoms with van der Waals surface area (Å²) in [6.45, 7) is 9.43. The third kappa shape index (κ3) is 11.5. The second-order valence-corrected chi connectivity index (χ2v) is 19.2. The van der Waals surface area contributed by atoms with Crippen molar-refractivity contribution in [2.24, 2.45) is 5.92 Å². The first-order valence-corrected chi connectivity index (χ1v) is 24.9. The number of nitrogen functional groups attached to an aromatic ring is 1. The number of phenolic OH excluding ortho intramolecular Hbond substituents is 1. The molecule has 20 heteroatoms. The molecule has 0 aliphatic carbocycles. The quantitative estimate of drug-likeness (QED) is 0.0641. The summed E-state index contributed by atoms with van der Waals surface area (Å²) in [6.07, 6.45) is 3.15. The van der Waals surface area contributed by atoms with Crippen LogP contribution in [0.2, 0.25) is 0 Å². The fourth-order valence-electron chi connectivity index (χ4n) is 9.73. The van der Waals surface area contributed by atoms with Crippen LogP contribution in [0.1, 0.15) is 56.0 Å². The molecule has 6 aromatic rings. The lowest BCUT2D eigenvalue weighted by Gasteiger charge is -2.43. The number of hydrogen-bond donors (Lipinski definition) is 4. The largest absolute Gasteiger partial charge is 0.507 e. The first-order chi connectivity index (χ1) is 34.5. The first kappa shape index (κ1) is 49.1. The predicted octanol–water partition coefficient (Wildman–Crippen LogP) is 5.61. The third-order valence-corrected chi connectivity index (χ3v) is 14.2. The number of likely N-dealkylation sites (tertiary alicyclic amines) is 1. The molecular formula is C51H60N10O9S. The van der Waals surface area contributed by atoms with E-state index >= 15 is 0 Å². The number of nitrogens with one attached hydrogen (secondary N) is 1. The number of aromatic nitrogens is 5. The number of amides is 2. The summed E-state index contributed by atoms with van der Waals surface area (Å²) in [4.78, 5) is 43.6. The van der Waals surface area contributed by atoms with Gasteiger partial charge in [0.05, 0.1) is 60.0 Å². The Balaban J connectivity index is 0.671. The van der Waals surface area contributed by atoms with Gasteiger partial charge in [0.15, 0.2) is 11.6 Å². The number of benzene rings is 2. The summed E-state index contributed by atoms with van der Waals surface area (Å²) >= 11 is 1.58. The highest BCUT2D eigenvalue weighted by molar-refractivity contribution is 7.13. The molecule has 374 valence electrons. The van der Waals surface area contributed by atoms with Crippen molar-refractivity contribution in [2.45, 2.75) is 76.7 Å². The highest BCUT2D eigenvalue weighted by Crippen LogP contribution is 2.40. The van der Waals surface area contributed by atoms with E-state index in [0.717, 1.165) is 59.0 Å². The molecule has 2 amide bonds. The number of anilines is 3. The zero-order chi connectivity index (χ0) is 49.4. The molecule has 7 heterocycles. The van der Waals surface area contributed by atoms with Crippen LogP contribution >= 0.6 is 11.3 Å². The molecule has 0 saturated carbocycles. The van der Waals surface area contributed by atoms with Crippen molar-refractivity contribution in [1.82, 2.24) is 35.5 Å². The number of para-hydroxylation sites is 1. The van der Waals surface area contributed by atoms with Gasteiger partial charge in [-0.2, -0.15) is 0 Å². The molecule has 5 unspecified atom stereocenters. The smallest absolute Gasteiger partial charge is 0.254 e. The number of β-amino-alcohol motifs (C(OH)–C–C–N with tert-alkyl or cyclic N) is 1. The number of ether oxygens (including phenoxy) is 4. The molecule has 3 aliphatic heterocycles. The minimum atomic E-state index is -0.833. The van der Waals surface area contributed by atoms with Gasteiger partial charge in [-0.15, -0.1) is 21.5 Å². The summed E-state index contributed by atoms with van der Waals surface area (Å²) < 4.78 is 28.8. The van der Waals surface area contributed by atoms with E-state index in [1.807, 2.05) is 80.9 Å². The summed E-state index contributed by atoms with van der Waals surface area (Å²) in [5.41, 5.74) is 14.2. The molecule has 4 aromatic heterocycles. The van der Waals surface area contributed by atoms with E-state index in [0.29, 0.717) is 55.1 Å². The summed E-state index contributed by atoms with van der Waals surface area (Å²) in [5.74, 6) is -0.0490. The highest BCUT2D eigenvalue weighted by atomic mass is 32.1. The molecule has 5 N–H and O–H groups in total. The Morgan fingerprint density at radius 2 is 1.61 bits per heavy atom. The molecule has 3 saturated heterocycles. The standard InChI is InChI=1S/C51H60N10O9S/c1-31(2)47(51(65)60-29-38(62)23-42(60)50(64)54-26-33-8-10-34(11-9-33)48-32(3)55-30-71-48)44-25-46(58-70-44)69-21-19-67-17-16-66-18-20-68-45-22-35(14-15-53-45)61-36-12-13-37(61)28-59(27-36)41-24-40(56-57-49(41)52)39-6-4-5-7-43(39)63/h4-11,14-15,22,24-25,30-31,36-38,42,47,62-63H,12-13,16-21,23,26-29H2,1-3H3,(H2,52,57)(H,54,64). The monoisotopic (exact) mass is 988 g/mol. The fourth-order valence-corrected chi connectivity index (χ4v) is 10.5. The topological polar surface area (TPSA) is 237 Å². The molecule has 3 aliphatic rings. The van der Waals surface area contributed by atoms with E-state index in [2.05, 4.69) is 40.4 Å². The van der Waals surface area contributed by atoms with Crippen LogP contribution in [0, 0.1) is 12.8 Å². The Morgan fingerprint density at radius 3 is 2.31 bits per heavy atom. The number of thiazole rings is 1. The molecule has 2 bridgehead atoms. The number of rotatable bonds is 21. The van der Waals surface area contributed by atoms with Gasteiger partial charge in [0, 0.05) is 74.3 Å². The fraction of sp³-hybridized carbons (Fsp3) is 0.431. The second-order valence-electron chi connectivity index (χ2n) is 18.4. The Morgan fingerprint density at radius 1 is 0.887 bits per heavy atom. The van der Waals surface area contributed by atoms with Gasteiger partial charge < -0.3 is 59.4 Å². The van der Waals surface area contributed by atoms with Gasteiger partial charge in [-0.05, 0) is 66.2 Å². The van der Waals surface area contributed by atoms with Crippen molar-refractivity contribution in [3.05, 3.63) is 102 Å². The van der Waals surface area contributed by atoms with E-state index in [9.17, 15) is 19.8 Å². The van der Waals surface area contributed by atoms with Gasteiger partial charge >= 0.3 is 0 Å². The van der Waals surface area contributed by atoms with Crippen LogP contribution in [-0.4, -0.2) is 136 Å². The number of aryl methyl sites for hydroxylation is 1. The van der Waals surface area contributed by atoms with Crippen molar-refractivity contribution in [3.8, 4) is 39.2 Å². The van der Waals surface area contributed by atoms with Crippen LogP contribution in [0.5, 0.6) is 17.5 Å². The van der Waals surface area contributed by atoms with Crippen molar-refractivity contribution in [2.75, 3.05) is 74.8 Å². The van der Waals surface area contributed by atoms with Gasteiger partial charge in [0.1, 0.15) is 30.9 Å². The van der Waals surface area contributed by atoms with Crippen LogP contribution in [0.15, 0.2) is 89.0 Å². The number of carbonyl (C=O) groups excluding carboxylic acids is 2. The zero-order valence-corrected chi connectivity index (χ0v) is 40.9. The minimum absolute atomic E-state index is 0.0374. The van der Waals surface area contributed by atoms with Crippen molar-refractivity contribution >= 4 is 40.3 Å². The van der Waals surface area contributed by atoms with Crippen molar-refractivity contribution < 1.29 is 43.3 Å². The maximum absolute atomic E-state index is 14.0. The molecule has 2 aromatic carbocycles. The average Bonchev–Trinajstić information content (AvgIpc) is 4.17. The Hall–Kier alpha value is -6.87. The number of nitrogens with two attached hydrogens (primary N) is 1. The number of hydrogen-bond acceptors (Lipinski definition) is 18. The SMILES string of the molecule is Cc1ncsc1-c1ccc(CNC(=O)C2CC(O)CN2C(=O)C(c2cc(OCCOCCOCCOc3cc(N4C5CCC4CN(c4cc(-c6ccccc6O)nnc4N)C5)ccn3)no2)C(C)C)cc1. The van der Waals surface area contributed by atoms with Crippen LogP contribution in [0.3, 0.4) is 0 Å². The Labute approximate surface area is 415 Å². The van der Waals surface area contributed by atoms with Gasteiger partial charge in [-0.1, -0.05) is 50.2 Å². The lowest BCUT2D eigenvalue weighted by molar-refractivity contribution is -0.141. The minimum Gasteiger partial charge on any atom is -0.507 e. The van der Waals surface area contributed by atoms with Gasteiger partial charge in [-0.3, -0.25) is 9.59 Å². The third-order valence-electron chi connectivity index (χ3n) is 13.2. The summed E-state index contributed by atoms with van der Waals surface area (Å²) in [6, 6.07) is 22.2. The molecule has 0 radical (unpaired) electrons. The number of nitrogens with zero attached hydrogens (tertiary/aromatic N) is 8. The molecule has 9 rings (SSSR count). The number of fused-ring (bicyclic) bond motifs is 2. The van der Waals surface area contributed by atoms with E-state index < -0.39 is 18.1 Å². The van der Waals surface area contributed by atoms with E-state index in [1.54, 1.807) is 35.7 Å². The lowest BCUT2D eigenvalue weighted by atomic mass is 9.91. The van der Waals surface area contributed by atoms with E-state index in [1.165, 1.54) is 4.90 Å². The zero-order valence-electron chi connectivity index (χ0n) is 40.1. The van der Waals surface area contributed by atoms with Crippen LogP contribution in [-0.2, 0) is 25.6 Å². The van der Waals surface area contributed by atoms with Crippen LogP contribution < -0.4 is 30.3 Å². The van der Waals surface area contributed by atoms with E-state index in [4.69, 9.17) is 29.2 Å². The van der Waals surface area contributed by atoms with Crippen molar-refractivity contribution in [1.29, 1.82) is 0 Å². The number of aliphatic hydroxyl groups excluding tert-OH is 1. The van der Waals surface area contributed by atoms with Gasteiger partial charge in [0.2, 0.25) is 17.7 Å². The Kier molecular flexibility index (Phi) is 15.5. The maximum Gasteiger partial charge on any atom is 0.254 e. The number of pyridine rings is 1. The van der Waals surface area contributed by atoms with Crippen molar-refractivity contribution in [3.63, 3.8) is 0 Å². The summed E-state index contributed by atoms with van der Waals surface area (Å²) in [7, 11) is 0. The second kappa shape index (κ2) is 22.5. The first-order valence-electron chi connectivity index (χ1n) is 24.0.